The maximum absolute atomic E-state index is 13.2. The lowest BCUT2D eigenvalue weighted by Gasteiger charge is -2.41. The molecule has 384 valence electrons. The van der Waals surface area contributed by atoms with Gasteiger partial charge in [-0.25, -0.2) is 19.2 Å². The highest BCUT2D eigenvalue weighted by Gasteiger charge is 2.42. The molecule has 0 heterocycles. The van der Waals surface area contributed by atoms with Gasteiger partial charge in [0.25, 0.3) is 0 Å². The van der Waals surface area contributed by atoms with E-state index in [1.165, 1.54) is 22.3 Å². The molecule has 0 amide bonds. The van der Waals surface area contributed by atoms with Crippen molar-refractivity contribution in [3.05, 3.63) is 115 Å². The second-order valence-electron chi connectivity index (χ2n) is 20.1. The molecule has 12 bridgehead atoms. The van der Waals surface area contributed by atoms with Crippen LogP contribution in [0, 0.1) is 0 Å². The van der Waals surface area contributed by atoms with Crippen LogP contribution >= 0.6 is 0 Å². The first-order valence-electron chi connectivity index (χ1n) is 26.9. The van der Waals surface area contributed by atoms with E-state index in [9.17, 15) is 19.2 Å². The first-order chi connectivity index (χ1) is 35.1. The van der Waals surface area contributed by atoms with E-state index in [2.05, 4.69) is 48.5 Å². The molecule has 0 radical (unpaired) electrons. The van der Waals surface area contributed by atoms with Crippen LogP contribution in [0.1, 0.15) is 182 Å². The predicted molar refractivity (Wildman–Crippen MR) is 272 cm³/mol. The zero-order valence-electron chi connectivity index (χ0n) is 42.8. The second kappa shape index (κ2) is 23.7. The maximum atomic E-state index is 13.2. The number of rotatable bonds is 16. The molecule has 12 heteroatoms. The van der Waals surface area contributed by atoms with Crippen molar-refractivity contribution in [2.75, 3.05) is 52.9 Å². The van der Waals surface area contributed by atoms with Gasteiger partial charge in [0.2, 0.25) is 0 Å². The van der Waals surface area contributed by atoms with E-state index in [4.69, 9.17) is 37.9 Å². The lowest BCUT2D eigenvalue weighted by atomic mass is 9.64. The predicted octanol–water partition coefficient (Wildman–Crippen LogP) is 10.8. The molecule has 2 saturated carbocycles. The smallest absolute Gasteiger partial charge is 0.344 e. The zero-order chi connectivity index (χ0) is 50.1. The van der Waals surface area contributed by atoms with Crippen LogP contribution < -0.4 is 18.9 Å². The fraction of sp³-hybridized carbons (Fsp3) is 0.533. The van der Waals surface area contributed by atoms with Gasteiger partial charge in [0.1, 0.15) is 23.0 Å². The summed E-state index contributed by atoms with van der Waals surface area (Å²) >= 11 is 0. The average molecular weight is 985 g/mol. The van der Waals surface area contributed by atoms with Gasteiger partial charge < -0.3 is 37.9 Å². The van der Waals surface area contributed by atoms with Crippen molar-refractivity contribution in [3.63, 3.8) is 0 Å². The Morgan fingerprint density at radius 3 is 0.806 bits per heavy atom. The average Bonchev–Trinajstić information content (AvgIpc) is 3.32. The van der Waals surface area contributed by atoms with Crippen molar-refractivity contribution < 1.29 is 57.1 Å². The highest BCUT2D eigenvalue weighted by Crippen LogP contribution is 2.58. The second-order valence-corrected chi connectivity index (χ2v) is 20.1. The SMILES string of the molecule is CCOC(=O)COc1c2cc3cc1[C@H]1CC[C@H]1c1cc(cc(c1OCC(=O)OCC)Cc1cc4cc(c1OCC(=O)OCC)[C@H]1CC[C@H]1c1cc(cc(c1OCC(=O)OCC)C2)CCCCC4)CCCCC3. The van der Waals surface area contributed by atoms with E-state index in [1.54, 1.807) is 27.7 Å². The molecule has 0 aliphatic heterocycles. The van der Waals surface area contributed by atoms with E-state index < -0.39 is 23.9 Å². The Balaban J connectivity index is 1.34. The summed E-state index contributed by atoms with van der Waals surface area (Å²) in [5, 5.41) is 0. The van der Waals surface area contributed by atoms with Crippen LogP contribution in [0.25, 0.3) is 0 Å². The molecule has 0 unspecified atom stereocenters. The summed E-state index contributed by atoms with van der Waals surface area (Å²) in [4.78, 5) is 52.9. The molecule has 72 heavy (non-hydrogen) atoms. The molecular formula is C60H72O12. The van der Waals surface area contributed by atoms with Gasteiger partial charge in [0.05, 0.1) is 26.4 Å². The molecule has 2 fully saturated rings. The van der Waals surface area contributed by atoms with E-state index in [0.29, 0.717) is 35.8 Å². The molecule has 4 atom stereocenters. The molecule has 5 aliphatic rings. The third-order valence-corrected chi connectivity index (χ3v) is 15.3. The number of benzene rings is 4. The highest BCUT2D eigenvalue weighted by atomic mass is 16.6. The fourth-order valence-electron chi connectivity index (χ4n) is 11.9. The summed E-state index contributed by atoms with van der Waals surface area (Å²) in [5.41, 5.74) is 12.8. The number of esters is 4. The van der Waals surface area contributed by atoms with E-state index >= 15 is 0 Å². The van der Waals surface area contributed by atoms with Crippen molar-refractivity contribution in [1.29, 1.82) is 0 Å². The summed E-state index contributed by atoms with van der Waals surface area (Å²) in [6.07, 6.45) is 13.8. The van der Waals surface area contributed by atoms with Gasteiger partial charge in [0, 0.05) is 12.8 Å². The lowest BCUT2D eigenvalue weighted by Crippen LogP contribution is -2.27. The van der Waals surface area contributed by atoms with Gasteiger partial charge in [-0.1, -0.05) is 61.4 Å². The topological polar surface area (TPSA) is 142 Å². The van der Waals surface area contributed by atoms with Gasteiger partial charge in [-0.3, -0.25) is 0 Å². The fourth-order valence-corrected chi connectivity index (χ4v) is 11.9. The number of ether oxygens (including phenoxy) is 8. The summed E-state index contributed by atoms with van der Waals surface area (Å²) in [5.74, 6) is 0.859. The highest BCUT2D eigenvalue weighted by molar-refractivity contribution is 5.73. The Hall–Kier alpha value is -6.04. The van der Waals surface area contributed by atoms with E-state index in [-0.39, 0.29) is 76.5 Å². The Labute approximate surface area is 424 Å². The van der Waals surface area contributed by atoms with Crippen molar-refractivity contribution in [3.8, 4) is 23.0 Å². The van der Waals surface area contributed by atoms with Gasteiger partial charge in [0.15, 0.2) is 26.4 Å². The van der Waals surface area contributed by atoms with Crippen molar-refractivity contribution in [2.45, 2.75) is 154 Å². The Morgan fingerprint density at radius 2 is 0.597 bits per heavy atom. The summed E-state index contributed by atoms with van der Waals surface area (Å²) < 4.78 is 48.9. The number of carbonyl (C=O) groups excluding carboxylic acids is 4. The van der Waals surface area contributed by atoms with E-state index in [1.807, 2.05) is 0 Å². The lowest BCUT2D eigenvalue weighted by molar-refractivity contribution is -0.146. The minimum atomic E-state index is -0.441. The van der Waals surface area contributed by atoms with Crippen molar-refractivity contribution >= 4 is 23.9 Å². The number of hydrogen-bond donors (Lipinski definition) is 0. The van der Waals surface area contributed by atoms with Gasteiger partial charge in [-0.05, 0) is 195 Å². The molecule has 4 aromatic rings. The van der Waals surface area contributed by atoms with Crippen LogP contribution in [0.3, 0.4) is 0 Å². The first-order valence-corrected chi connectivity index (χ1v) is 26.9. The van der Waals surface area contributed by atoms with Crippen LogP contribution in [0.15, 0.2) is 48.5 Å². The van der Waals surface area contributed by atoms with Crippen LogP contribution in [-0.2, 0) is 76.7 Å². The quantitative estimate of drug-likeness (QED) is 0.0779. The number of hydrogen-bond acceptors (Lipinski definition) is 12. The van der Waals surface area contributed by atoms with Crippen LogP contribution in [0.4, 0.5) is 0 Å². The maximum Gasteiger partial charge on any atom is 0.344 e. The third-order valence-electron chi connectivity index (χ3n) is 15.3. The largest absolute Gasteiger partial charge is 0.481 e. The normalized spacial score (nSPS) is 19.7. The van der Waals surface area contributed by atoms with E-state index in [0.717, 1.165) is 134 Å². The van der Waals surface area contributed by atoms with Crippen molar-refractivity contribution in [1.82, 2.24) is 0 Å². The monoisotopic (exact) mass is 985 g/mol. The molecule has 0 spiro atoms. The van der Waals surface area contributed by atoms with Crippen LogP contribution in [0.5, 0.6) is 23.0 Å². The molecule has 9 rings (SSSR count). The van der Waals surface area contributed by atoms with Gasteiger partial charge >= 0.3 is 23.9 Å². The standard InChI is InChI=1S/C60H72O12/c1-5-65-53(61)33-69-57-41-23-37-15-11-9-12-17-39-25-43(59(71-35-55(63)67-7-3)50(28-39)46-20-19-45(46)49(57)27-37)32-44-26-40-18-14-10-13-16-38-24-42(31-41)58(70-34-54(62)66-6-2)51(29-38)47-21-22-48(47)52(30-40)60(44)72-36-56(64)68-8-4/h23-30,45-48H,5-22,31-36H2,1-4H3/t45-,46+,47+,48-. The molecule has 0 aromatic heterocycles. The molecule has 4 aromatic carbocycles. The number of fused-ring (bicyclic) bond motifs is 8. The Kier molecular flexibility index (Phi) is 16.7. The number of aryl methyl sites for hydroxylation is 4. The summed E-state index contributed by atoms with van der Waals surface area (Å²) in [6, 6.07) is 18.3. The minimum Gasteiger partial charge on any atom is -0.481 e. The molecule has 0 N–H and O–H groups in total. The Morgan fingerprint density at radius 1 is 0.361 bits per heavy atom. The third kappa shape index (κ3) is 11.6. The molecule has 12 nitrogen and oxygen atoms in total. The Bertz CT molecular complexity index is 2280. The zero-order valence-corrected chi connectivity index (χ0v) is 42.8. The van der Waals surface area contributed by atoms with Gasteiger partial charge in [-0.15, -0.1) is 0 Å². The minimum absolute atomic E-state index is 0.0155. The van der Waals surface area contributed by atoms with Crippen LogP contribution in [0.2, 0.25) is 0 Å². The van der Waals surface area contributed by atoms with Crippen molar-refractivity contribution in [2.24, 2.45) is 0 Å². The summed E-state index contributed by atoms with van der Waals surface area (Å²) in [6.45, 7) is 7.13. The molecule has 5 aliphatic carbocycles. The van der Waals surface area contributed by atoms with Gasteiger partial charge in [-0.2, -0.15) is 0 Å². The summed E-state index contributed by atoms with van der Waals surface area (Å²) in [7, 11) is 0. The molecule has 0 saturated heterocycles. The first kappa shape index (κ1) is 50.9. The van der Waals surface area contributed by atoms with Crippen LogP contribution in [-0.4, -0.2) is 76.7 Å². The number of carbonyl (C=O) groups is 4. The molecular weight excluding hydrogens is 913 g/mol.